The summed E-state index contributed by atoms with van der Waals surface area (Å²) in [5.74, 6) is 0.974. The predicted octanol–water partition coefficient (Wildman–Crippen LogP) is 4.72. The van der Waals surface area contributed by atoms with Crippen LogP contribution in [0, 0.1) is 0 Å². The van der Waals surface area contributed by atoms with Crippen LogP contribution in [0.5, 0.6) is 11.5 Å². The van der Waals surface area contributed by atoms with Crippen LogP contribution >= 0.6 is 0 Å². The molecule has 4 rings (SSSR count). The van der Waals surface area contributed by atoms with Gasteiger partial charge in [0.1, 0.15) is 11.4 Å². The Hall–Kier alpha value is -3.38. The molecule has 1 aliphatic heterocycles. The molecular weight excluding hydrogens is 366 g/mol. The number of nitrogens with zero attached hydrogens (tertiary/aromatic N) is 1. The SMILES string of the molecule is O=C(Nc1ccccc1Oc1ccccc1)c1cc(NCC2CCCO2)ccn1. The largest absolute Gasteiger partial charge is 0.455 e. The average Bonchev–Trinajstić information content (AvgIpc) is 3.28. The maximum absolute atomic E-state index is 12.7. The highest BCUT2D eigenvalue weighted by molar-refractivity contribution is 6.04. The molecule has 0 saturated carbocycles. The Balaban J connectivity index is 1.43. The molecule has 1 aromatic heterocycles. The molecule has 0 bridgehead atoms. The highest BCUT2D eigenvalue weighted by Gasteiger charge is 2.16. The van der Waals surface area contributed by atoms with E-state index in [1.165, 1.54) is 0 Å². The number of para-hydroxylation sites is 3. The summed E-state index contributed by atoms with van der Waals surface area (Å²) >= 11 is 0. The summed E-state index contributed by atoms with van der Waals surface area (Å²) in [4.78, 5) is 17.0. The molecule has 6 heteroatoms. The van der Waals surface area contributed by atoms with E-state index in [0.29, 0.717) is 22.9 Å². The molecule has 148 valence electrons. The van der Waals surface area contributed by atoms with Crippen LogP contribution in [0.1, 0.15) is 23.3 Å². The van der Waals surface area contributed by atoms with E-state index in [1.54, 1.807) is 18.3 Å². The van der Waals surface area contributed by atoms with Crippen molar-refractivity contribution in [2.75, 3.05) is 23.8 Å². The van der Waals surface area contributed by atoms with E-state index in [1.807, 2.05) is 54.6 Å². The molecule has 1 fully saturated rings. The van der Waals surface area contributed by atoms with Gasteiger partial charge >= 0.3 is 0 Å². The number of pyridine rings is 1. The average molecular weight is 389 g/mol. The number of benzene rings is 2. The first-order valence-electron chi connectivity index (χ1n) is 9.73. The Labute approximate surface area is 169 Å². The van der Waals surface area contributed by atoms with Crippen molar-refractivity contribution in [1.29, 1.82) is 0 Å². The van der Waals surface area contributed by atoms with Crippen molar-refractivity contribution in [1.82, 2.24) is 4.98 Å². The van der Waals surface area contributed by atoms with Gasteiger partial charge in [-0.1, -0.05) is 30.3 Å². The molecule has 1 atom stereocenters. The first-order valence-corrected chi connectivity index (χ1v) is 9.73. The molecule has 1 aliphatic rings. The first kappa shape index (κ1) is 19.0. The Morgan fingerprint density at radius 2 is 1.93 bits per heavy atom. The highest BCUT2D eigenvalue weighted by atomic mass is 16.5. The number of aromatic nitrogens is 1. The smallest absolute Gasteiger partial charge is 0.274 e. The molecule has 29 heavy (non-hydrogen) atoms. The van der Waals surface area contributed by atoms with Crippen LogP contribution in [0.15, 0.2) is 72.9 Å². The minimum Gasteiger partial charge on any atom is -0.455 e. The Morgan fingerprint density at radius 1 is 1.10 bits per heavy atom. The standard InChI is InChI=1S/C23H23N3O3/c27-23(21-15-17(12-13-24-21)25-16-19-9-6-14-28-19)26-20-10-4-5-11-22(20)29-18-7-2-1-3-8-18/h1-5,7-8,10-13,15,19H,6,9,14,16H2,(H,24,25)(H,26,27). The fourth-order valence-electron chi connectivity index (χ4n) is 3.16. The number of hydrogen-bond donors (Lipinski definition) is 2. The zero-order valence-electron chi connectivity index (χ0n) is 16.0. The van der Waals surface area contributed by atoms with Gasteiger partial charge in [-0.25, -0.2) is 0 Å². The van der Waals surface area contributed by atoms with Crippen molar-refractivity contribution in [3.8, 4) is 11.5 Å². The van der Waals surface area contributed by atoms with Gasteiger partial charge in [0.15, 0.2) is 5.75 Å². The van der Waals surface area contributed by atoms with Crippen molar-refractivity contribution in [2.24, 2.45) is 0 Å². The maximum Gasteiger partial charge on any atom is 0.274 e. The predicted molar refractivity (Wildman–Crippen MR) is 113 cm³/mol. The number of rotatable bonds is 7. The van der Waals surface area contributed by atoms with Gasteiger partial charge < -0.3 is 20.1 Å². The van der Waals surface area contributed by atoms with Gasteiger partial charge in [0.25, 0.3) is 5.91 Å². The number of hydrogen-bond acceptors (Lipinski definition) is 5. The van der Waals surface area contributed by atoms with Crippen molar-refractivity contribution in [2.45, 2.75) is 18.9 Å². The molecular formula is C23H23N3O3. The topological polar surface area (TPSA) is 72.5 Å². The first-order chi connectivity index (χ1) is 14.3. The summed E-state index contributed by atoms with van der Waals surface area (Å²) in [7, 11) is 0. The van der Waals surface area contributed by atoms with Gasteiger partial charge in [-0.2, -0.15) is 0 Å². The lowest BCUT2D eigenvalue weighted by Gasteiger charge is -2.13. The second-order valence-corrected chi connectivity index (χ2v) is 6.81. The molecule has 1 amide bonds. The third kappa shape index (κ3) is 5.12. The third-order valence-corrected chi connectivity index (χ3v) is 4.66. The lowest BCUT2D eigenvalue weighted by atomic mass is 10.2. The van der Waals surface area contributed by atoms with Crippen LogP contribution in [0.25, 0.3) is 0 Å². The molecule has 2 aromatic carbocycles. The zero-order chi connectivity index (χ0) is 19.9. The third-order valence-electron chi connectivity index (χ3n) is 4.66. The van der Waals surface area contributed by atoms with E-state index in [4.69, 9.17) is 9.47 Å². The number of anilines is 2. The minimum atomic E-state index is -0.296. The molecule has 2 N–H and O–H groups in total. The van der Waals surface area contributed by atoms with Crippen LogP contribution < -0.4 is 15.4 Å². The zero-order valence-corrected chi connectivity index (χ0v) is 16.0. The van der Waals surface area contributed by atoms with Gasteiger partial charge in [-0.05, 0) is 49.2 Å². The summed E-state index contributed by atoms with van der Waals surface area (Å²) < 4.78 is 11.5. The number of ether oxygens (including phenoxy) is 2. The van der Waals surface area contributed by atoms with Crippen LogP contribution in [-0.4, -0.2) is 30.1 Å². The van der Waals surface area contributed by atoms with Crippen molar-refractivity contribution >= 4 is 17.3 Å². The maximum atomic E-state index is 12.7. The fourth-order valence-corrected chi connectivity index (χ4v) is 3.16. The Bertz CT molecular complexity index is 956. The van der Waals surface area contributed by atoms with E-state index in [0.717, 1.165) is 31.7 Å². The van der Waals surface area contributed by atoms with Gasteiger partial charge in [0, 0.05) is 25.0 Å². The van der Waals surface area contributed by atoms with E-state index in [2.05, 4.69) is 15.6 Å². The number of carbonyl (C=O) groups excluding carboxylic acids is 1. The number of carbonyl (C=O) groups is 1. The molecule has 0 aliphatic carbocycles. The molecule has 6 nitrogen and oxygen atoms in total. The Kier molecular flexibility index (Phi) is 6.02. The number of nitrogens with one attached hydrogen (secondary N) is 2. The van der Waals surface area contributed by atoms with Gasteiger partial charge in [0.2, 0.25) is 0 Å². The molecule has 3 aromatic rings. The normalized spacial score (nSPS) is 15.7. The van der Waals surface area contributed by atoms with E-state index < -0.39 is 0 Å². The number of amides is 1. The lowest BCUT2D eigenvalue weighted by molar-refractivity contribution is 0.102. The fraction of sp³-hybridized carbons (Fsp3) is 0.217. The van der Waals surface area contributed by atoms with E-state index in [9.17, 15) is 4.79 Å². The highest BCUT2D eigenvalue weighted by Crippen LogP contribution is 2.29. The van der Waals surface area contributed by atoms with E-state index >= 15 is 0 Å². The summed E-state index contributed by atoms with van der Waals surface area (Å²) in [6.07, 6.45) is 4.01. The summed E-state index contributed by atoms with van der Waals surface area (Å²) in [5.41, 5.74) is 1.76. The summed E-state index contributed by atoms with van der Waals surface area (Å²) in [6.45, 7) is 1.54. The second-order valence-electron chi connectivity index (χ2n) is 6.81. The van der Waals surface area contributed by atoms with Crippen LogP contribution in [0.4, 0.5) is 11.4 Å². The van der Waals surface area contributed by atoms with Gasteiger partial charge in [0.05, 0.1) is 11.8 Å². The van der Waals surface area contributed by atoms with Crippen LogP contribution in [-0.2, 0) is 4.74 Å². The minimum absolute atomic E-state index is 0.224. The quantitative estimate of drug-likeness (QED) is 0.612. The van der Waals surface area contributed by atoms with Crippen molar-refractivity contribution < 1.29 is 14.3 Å². The molecule has 2 heterocycles. The van der Waals surface area contributed by atoms with Crippen LogP contribution in [0.2, 0.25) is 0 Å². The van der Waals surface area contributed by atoms with Crippen molar-refractivity contribution in [3.05, 3.63) is 78.6 Å². The molecule has 0 radical (unpaired) electrons. The molecule has 1 saturated heterocycles. The van der Waals surface area contributed by atoms with Crippen molar-refractivity contribution in [3.63, 3.8) is 0 Å². The molecule has 1 unspecified atom stereocenters. The van der Waals surface area contributed by atoms with Crippen LogP contribution in [0.3, 0.4) is 0 Å². The lowest BCUT2D eigenvalue weighted by Crippen LogP contribution is -2.19. The monoisotopic (exact) mass is 389 g/mol. The summed E-state index contributed by atoms with van der Waals surface area (Å²) in [5, 5.41) is 6.21. The summed E-state index contributed by atoms with van der Waals surface area (Å²) in [6, 6.07) is 20.4. The Morgan fingerprint density at radius 3 is 2.76 bits per heavy atom. The van der Waals surface area contributed by atoms with Gasteiger partial charge in [-0.3, -0.25) is 9.78 Å². The second kappa shape index (κ2) is 9.21. The van der Waals surface area contributed by atoms with Gasteiger partial charge in [-0.15, -0.1) is 0 Å². The van der Waals surface area contributed by atoms with E-state index in [-0.39, 0.29) is 12.0 Å². The molecule has 0 spiro atoms.